The molecular weight excluding hydrogens is 657 g/mol. The van der Waals surface area contributed by atoms with Crippen LogP contribution in [0.4, 0.5) is 20.2 Å². The Balaban J connectivity index is 1.91. The second kappa shape index (κ2) is 12.7. The van der Waals surface area contributed by atoms with Gasteiger partial charge in [0.1, 0.15) is 5.56 Å². The Kier molecular flexibility index (Phi) is 9.59. The summed E-state index contributed by atoms with van der Waals surface area (Å²) in [5.41, 5.74) is 5.81. The lowest BCUT2D eigenvalue weighted by atomic mass is 10.1. The van der Waals surface area contributed by atoms with Gasteiger partial charge in [-0.15, -0.1) is 0 Å². The molecular formula is C27H29F2IN4O5S. The molecule has 0 bridgehead atoms. The van der Waals surface area contributed by atoms with E-state index in [1.54, 1.807) is 43.3 Å². The second-order valence-electron chi connectivity index (χ2n) is 9.48. The second-order valence-corrected chi connectivity index (χ2v) is 12.6. The maximum absolute atomic E-state index is 16.0. The van der Waals surface area contributed by atoms with Gasteiger partial charge in [-0.25, -0.2) is 17.2 Å². The van der Waals surface area contributed by atoms with Crippen LogP contribution < -0.4 is 15.8 Å². The number of hydrogen-bond acceptors (Lipinski definition) is 7. The maximum atomic E-state index is 16.0. The van der Waals surface area contributed by atoms with Crippen LogP contribution in [0, 0.1) is 28.0 Å². The number of primary amides is 1. The summed E-state index contributed by atoms with van der Waals surface area (Å²) in [6.07, 6.45) is 3.11. The van der Waals surface area contributed by atoms with Gasteiger partial charge < -0.3 is 20.9 Å². The van der Waals surface area contributed by atoms with Crippen LogP contribution >= 0.6 is 22.6 Å². The normalized spacial score (nSPS) is 13.4. The lowest BCUT2D eigenvalue weighted by molar-refractivity contribution is 0.0995. The molecule has 1 heterocycles. The Morgan fingerprint density at radius 2 is 2.00 bits per heavy atom. The van der Waals surface area contributed by atoms with E-state index >= 15 is 8.78 Å². The third kappa shape index (κ3) is 6.70. The molecule has 0 spiro atoms. The summed E-state index contributed by atoms with van der Waals surface area (Å²) in [6.45, 7) is 0.864. The van der Waals surface area contributed by atoms with E-state index in [0.29, 0.717) is 16.9 Å². The summed E-state index contributed by atoms with van der Waals surface area (Å²) in [4.78, 5) is 15.8. The first kappa shape index (κ1) is 30.1. The molecule has 1 aromatic heterocycles. The predicted octanol–water partition coefficient (Wildman–Crippen LogP) is 4.48. The van der Waals surface area contributed by atoms with E-state index in [2.05, 4.69) is 32.9 Å². The number of sulfonamides is 1. The van der Waals surface area contributed by atoms with Crippen LogP contribution in [0.2, 0.25) is 0 Å². The smallest absolute Gasteiger partial charge is 0.254 e. The summed E-state index contributed by atoms with van der Waals surface area (Å²) < 4.78 is 67.3. The van der Waals surface area contributed by atoms with Crippen molar-refractivity contribution in [3.05, 3.63) is 74.6 Å². The van der Waals surface area contributed by atoms with Gasteiger partial charge in [0.15, 0.2) is 22.3 Å². The molecule has 0 atom stereocenters. The minimum Gasteiger partial charge on any atom is -0.491 e. The van der Waals surface area contributed by atoms with E-state index in [4.69, 9.17) is 10.5 Å². The molecule has 1 amide bonds. The lowest BCUT2D eigenvalue weighted by Crippen LogP contribution is -2.34. The molecule has 0 saturated heterocycles. The molecule has 40 heavy (non-hydrogen) atoms. The van der Waals surface area contributed by atoms with E-state index in [9.17, 15) is 18.3 Å². The Morgan fingerprint density at radius 3 is 2.60 bits per heavy atom. The number of nitrogens with zero attached hydrogens (tertiary/aromatic N) is 2. The third-order valence-electron chi connectivity index (χ3n) is 6.38. The van der Waals surface area contributed by atoms with Gasteiger partial charge in [-0.1, -0.05) is 6.07 Å². The van der Waals surface area contributed by atoms with Crippen molar-refractivity contribution in [2.45, 2.75) is 37.6 Å². The molecule has 2 aromatic carbocycles. The van der Waals surface area contributed by atoms with Gasteiger partial charge in [-0.2, -0.15) is 4.31 Å². The minimum atomic E-state index is -4.84. The molecule has 1 aliphatic carbocycles. The molecule has 9 nitrogen and oxygen atoms in total. The Labute approximate surface area is 244 Å². The summed E-state index contributed by atoms with van der Waals surface area (Å²) >= 11 is 2.10. The van der Waals surface area contributed by atoms with Crippen LogP contribution in [-0.4, -0.2) is 48.5 Å². The summed E-state index contributed by atoms with van der Waals surface area (Å²) in [5, 5.41) is 12.1. The number of anilines is 2. The molecule has 1 fully saturated rings. The number of aryl methyl sites for hydroxylation is 1. The molecule has 0 unspecified atom stereocenters. The van der Waals surface area contributed by atoms with Gasteiger partial charge >= 0.3 is 0 Å². The number of aliphatic hydroxyl groups is 1. The third-order valence-corrected chi connectivity index (χ3v) is 8.92. The van der Waals surface area contributed by atoms with Crippen LogP contribution in [0.3, 0.4) is 0 Å². The van der Waals surface area contributed by atoms with Crippen molar-refractivity contribution < 1.29 is 31.8 Å². The number of nitrogens with two attached hydrogens (primary N) is 1. The van der Waals surface area contributed by atoms with E-state index in [-0.39, 0.29) is 38.6 Å². The van der Waals surface area contributed by atoms with Crippen molar-refractivity contribution in [3.8, 4) is 5.75 Å². The van der Waals surface area contributed by atoms with E-state index in [1.807, 2.05) is 0 Å². The van der Waals surface area contributed by atoms with Crippen molar-refractivity contribution >= 4 is 49.9 Å². The van der Waals surface area contributed by atoms with Gasteiger partial charge in [-0.3, -0.25) is 9.78 Å². The molecule has 4 rings (SSSR count). The quantitative estimate of drug-likeness (QED) is 0.226. The van der Waals surface area contributed by atoms with Crippen LogP contribution in [0.15, 0.2) is 47.5 Å². The highest BCUT2D eigenvalue weighted by molar-refractivity contribution is 14.1. The zero-order valence-corrected chi connectivity index (χ0v) is 24.6. The number of carbonyl (C=O) groups excluding carboxylic acids is 1. The van der Waals surface area contributed by atoms with Crippen molar-refractivity contribution in [1.29, 1.82) is 0 Å². The van der Waals surface area contributed by atoms with Crippen LogP contribution in [0.25, 0.3) is 0 Å². The van der Waals surface area contributed by atoms with E-state index < -0.39 is 49.5 Å². The van der Waals surface area contributed by atoms with Crippen LogP contribution in [0.5, 0.6) is 5.75 Å². The largest absolute Gasteiger partial charge is 0.491 e. The summed E-state index contributed by atoms with van der Waals surface area (Å²) in [5.74, 6) is -5.07. The maximum Gasteiger partial charge on any atom is 0.254 e. The van der Waals surface area contributed by atoms with Crippen molar-refractivity contribution in [1.82, 2.24) is 9.29 Å². The number of amides is 1. The summed E-state index contributed by atoms with van der Waals surface area (Å²) in [6, 6.07) is 10.0. The highest BCUT2D eigenvalue weighted by atomic mass is 127. The molecule has 4 N–H and O–H groups in total. The SMILES string of the molecule is Cc1cc(I)ccc1Nc1c(F)c(F)c(S(=O)(=O)N(CCCO)Cc2ccccn2)c(OCC2CC2)c1C(N)=O. The number of carbonyl (C=O) groups is 1. The average molecular weight is 687 g/mol. The van der Waals surface area contributed by atoms with Crippen molar-refractivity contribution in [2.75, 3.05) is 25.1 Å². The number of halogens is 3. The number of aromatic nitrogens is 1. The molecule has 0 aliphatic heterocycles. The monoisotopic (exact) mass is 686 g/mol. The standard InChI is InChI=1S/C27H29F2IN4O5S/c1-16-13-18(30)8-9-20(16)33-24-21(27(31)36)25(39-15-17-6-7-17)26(23(29)22(24)28)40(37,38)34(11-4-12-35)14-19-5-2-3-10-32-19/h2-3,5,8-10,13,17,33,35H,4,6-7,11-12,14-15H2,1H3,(H2,31,36). The van der Waals surface area contributed by atoms with E-state index in [1.165, 1.54) is 6.20 Å². The number of pyridine rings is 1. The van der Waals surface area contributed by atoms with Crippen molar-refractivity contribution in [2.24, 2.45) is 11.7 Å². The fourth-order valence-corrected chi connectivity index (χ4v) is 6.38. The molecule has 3 aromatic rings. The fourth-order valence-electron chi connectivity index (χ4n) is 4.09. The predicted molar refractivity (Wildman–Crippen MR) is 154 cm³/mol. The number of aliphatic hydroxyl groups excluding tert-OH is 1. The first-order valence-electron chi connectivity index (χ1n) is 12.6. The van der Waals surface area contributed by atoms with Crippen molar-refractivity contribution in [3.63, 3.8) is 0 Å². The fraction of sp³-hybridized carbons (Fsp3) is 0.333. The average Bonchev–Trinajstić information content (AvgIpc) is 3.74. The molecule has 0 radical (unpaired) electrons. The van der Waals surface area contributed by atoms with Crippen LogP contribution in [-0.2, 0) is 16.6 Å². The van der Waals surface area contributed by atoms with Gasteiger partial charge in [0, 0.05) is 28.6 Å². The molecule has 1 aliphatic rings. The summed E-state index contributed by atoms with van der Waals surface area (Å²) in [7, 11) is -4.84. The Bertz CT molecular complexity index is 1500. The lowest BCUT2D eigenvalue weighted by Gasteiger charge is -2.26. The highest BCUT2D eigenvalue weighted by Crippen LogP contribution is 2.43. The number of ether oxygens (including phenoxy) is 1. The Morgan fingerprint density at radius 1 is 1.25 bits per heavy atom. The van der Waals surface area contributed by atoms with Crippen LogP contribution in [0.1, 0.15) is 40.9 Å². The minimum absolute atomic E-state index is 0.00719. The zero-order chi connectivity index (χ0) is 29.0. The first-order valence-corrected chi connectivity index (χ1v) is 15.1. The molecule has 214 valence electrons. The van der Waals surface area contributed by atoms with Gasteiger partial charge in [0.25, 0.3) is 5.91 Å². The number of benzene rings is 2. The highest BCUT2D eigenvalue weighted by Gasteiger charge is 2.39. The van der Waals surface area contributed by atoms with Gasteiger partial charge in [0.2, 0.25) is 10.0 Å². The van der Waals surface area contributed by atoms with Gasteiger partial charge in [0.05, 0.1) is 24.5 Å². The zero-order valence-electron chi connectivity index (χ0n) is 21.7. The molecule has 1 saturated carbocycles. The number of hydrogen-bond donors (Lipinski definition) is 3. The van der Waals surface area contributed by atoms with Gasteiger partial charge in [-0.05, 0) is 90.6 Å². The topological polar surface area (TPSA) is 135 Å². The number of rotatable bonds is 13. The molecule has 13 heteroatoms. The Hall–Kier alpha value is -2.88. The number of nitrogens with one attached hydrogen (secondary N) is 1. The first-order chi connectivity index (χ1) is 19.0. The van der Waals surface area contributed by atoms with E-state index in [0.717, 1.165) is 20.7 Å².